The van der Waals surface area contributed by atoms with Crippen LogP contribution in [0.15, 0.2) is 36.4 Å². The molecular formula is C15H20O3. The average molecular weight is 248 g/mol. The van der Waals surface area contributed by atoms with Crippen molar-refractivity contribution in [1.82, 2.24) is 0 Å². The summed E-state index contributed by atoms with van der Waals surface area (Å²) in [7, 11) is 1.35. The smallest absolute Gasteiger partial charge is 0.330 e. The Morgan fingerprint density at radius 2 is 2.00 bits per heavy atom. The van der Waals surface area contributed by atoms with Crippen molar-refractivity contribution in [2.75, 3.05) is 13.7 Å². The van der Waals surface area contributed by atoms with Gasteiger partial charge in [-0.1, -0.05) is 26.0 Å². The van der Waals surface area contributed by atoms with Crippen LogP contribution in [0.2, 0.25) is 0 Å². The van der Waals surface area contributed by atoms with Crippen LogP contribution in [-0.2, 0) is 9.53 Å². The van der Waals surface area contributed by atoms with Gasteiger partial charge in [0.2, 0.25) is 0 Å². The highest BCUT2D eigenvalue weighted by Gasteiger charge is 2.02. The van der Waals surface area contributed by atoms with Crippen molar-refractivity contribution in [3.05, 3.63) is 42.0 Å². The molecule has 0 radical (unpaired) electrons. The first kappa shape index (κ1) is 14.3. The van der Waals surface area contributed by atoms with Crippen molar-refractivity contribution in [3.63, 3.8) is 0 Å². The number of carbonyl (C=O) groups excluding carboxylic acids is 1. The summed E-state index contributed by atoms with van der Waals surface area (Å²) in [6, 6.07) is 8.06. The quantitative estimate of drug-likeness (QED) is 0.572. The second-order valence-corrected chi connectivity index (χ2v) is 4.11. The Morgan fingerprint density at radius 3 is 2.56 bits per heavy atom. The SMILES string of the molecule is CCC(C)c1ccc(OCC=CC(=O)OC)cc1. The van der Waals surface area contributed by atoms with Crippen LogP contribution >= 0.6 is 0 Å². The monoisotopic (exact) mass is 248 g/mol. The third kappa shape index (κ3) is 4.62. The minimum Gasteiger partial charge on any atom is -0.490 e. The van der Waals surface area contributed by atoms with Gasteiger partial charge in [-0.2, -0.15) is 0 Å². The molecule has 0 aliphatic carbocycles. The van der Waals surface area contributed by atoms with Crippen LogP contribution < -0.4 is 4.74 Å². The van der Waals surface area contributed by atoms with E-state index in [-0.39, 0.29) is 5.97 Å². The van der Waals surface area contributed by atoms with E-state index in [0.717, 1.165) is 12.2 Å². The zero-order valence-corrected chi connectivity index (χ0v) is 11.2. The van der Waals surface area contributed by atoms with E-state index < -0.39 is 0 Å². The fourth-order valence-corrected chi connectivity index (χ4v) is 1.49. The van der Waals surface area contributed by atoms with E-state index in [1.54, 1.807) is 6.08 Å². The van der Waals surface area contributed by atoms with E-state index in [1.807, 2.05) is 12.1 Å². The van der Waals surface area contributed by atoms with Crippen LogP contribution in [0.5, 0.6) is 5.75 Å². The van der Waals surface area contributed by atoms with Crippen LogP contribution in [-0.4, -0.2) is 19.7 Å². The van der Waals surface area contributed by atoms with Crippen molar-refractivity contribution < 1.29 is 14.3 Å². The summed E-state index contributed by atoms with van der Waals surface area (Å²) in [5.41, 5.74) is 1.31. The van der Waals surface area contributed by atoms with Crippen molar-refractivity contribution in [2.45, 2.75) is 26.2 Å². The van der Waals surface area contributed by atoms with Crippen LogP contribution in [0.25, 0.3) is 0 Å². The van der Waals surface area contributed by atoms with E-state index in [2.05, 4.69) is 30.7 Å². The van der Waals surface area contributed by atoms with Crippen LogP contribution in [0.4, 0.5) is 0 Å². The van der Waals surface area contributed by atoms with Gasteiger partial charge in [0, 0.05) is 6.08 Å². The molecular weight excluding hydrogens is 228 g/mol. The van der Waals surface area contributed by atoms with E-state index in [1.165, 1.54) is 18.7 Å². The van der Waals surface area contributed by atoms with Gasteiger partial charge in [-0.05, 0) is 36.1 Å². The predicted octanol–water partition coefficient (Wildman–Crippen LogP) is 3.31. The van der Waals surface area contributed by atoms with Crippen molar-refractivity contribution in [2.24, 2.45) is 0 Å². The normalized spacial score (nSPS) is 12.4. The largest absolute Gasteiger partial charge is 0.490 e. The van der Waals surface area contributed by atoms with Crippen LogP contribution in [0, 0.1) is 0 Å². The lowest BCUT2D eigenvalue weighted by atomic mass is 9.99. The molecule has 1 atom stereocenters. The second-order valence-electron chi connectivity index (χ2n) is 4.11. The number of hydrogen-bond acceptors (Lipinski definition) is 3. The van der Waals surface area contributed by atoms with Gasteiger partial charge in [0.1, 0.15) is 12.4 Å². The number of esters is 1. The number of methoxy groups -OCH3 is 1. The van der Waals surface area contributed by atoms with E-state index >= 15 is 0 Å². The highest BCUT2D eigenvalue weighted by molar-refractivity contribution is 5.81. The molecule has 0 fully saturated rings. The summed E-state index contributed by atoms with van der Waals surface area (Å²) in [5, 5.41) is 0. The molecule has 0 saturated heterocycles. The Bertz CT molecular complexity index is 393. The lowest BCUT2D eigenvalue weighted by molar-refractivity contribution is -0.134. The average Bonchev–Trinajstić information content (AvgIpc) is 2.43. The van der Waals surface area contributed by atoms with Gasteiger partial charge in [0.15, 0.2) is 0 Å². The Kier molecular flexibility index (Phi) is 5.98. The minimum absolute atomic E-state index is 0.359. The zero-order valence-electron chi connectivity index (χ0n) is 11.2. The first-order valence-corrected chi connectivity index (χ1v) is 6.14. The molecule has 1 aromatic rings. The molecule has 1 rings (SSSR count). The predicted molar refractivity (Wildman–Crippen MR) is 71.8 cm³/mol. The highest BCUT2D eigenvalue weighted by Crippen LogP contribution is 2.21. The fourth-order valence-electron chi connectivity index (χ4n) is 1.49. The van der Waals surface area contributed by atoms with E-state index in [9.17, 15) is 4.79 Å². The van der Waals surface area contributed by atoms with Gasteiger partial charge < -0.3 is 9.47 Å². The number of ether oxygens (including phenoxy) is 2. The highest BCUT2D eigenvalue weighted by atomic mass is 16.5. The lowest BCUT2D eigenvalue weighted by Gasteiger charge is -2.09. The van der Waals surface area contributed by atoms with Crippen LogP contribution in [0.3, 0.4) is 0 Å². The Balaban J connectivity index is 2.44. The number of hydrogen-bond donors (Lipinski definition) is 0. The maximum atomic E-state index is 10.8. The molecule has 0 amide bonds. The summed E-state index contributed by atoms with van der Waals surface area (Å²) in [6.45, 7) is 4.74. The molecule has 3 heteroatoms. The van der Waals surface area contributed by atoms with E-state index in [0.29, 0.717) is 12.5 Å². The molecule has 3 nitrogen and oxygen atoms in total. The zero-order chi connectivity index (χ0) is 13.4. The van der Waals surface area contributed by atoms with Gasteiger partial charge in [-0.15, -0.1) is 0 Å². The number of benzene rings is 1. The van der Waals surface area contributed by atoms with Gasteiger partial charge in [-0.25, -0.2) is 4.79 Å². The molecule has 0 N–H and O–H groups in total. The number of carbonyl (C=O) groups is 1. The third-order valence-electron chi connectivity index (χ3n) is 2.86. The molecule has 0 aliphatic rings. The molecule has 0 heterocycles. The molecule has 98 valence electrons. The summed E-state index contributed by atoms with van der Waals surface area (Å²) in [5.74, 6) is 1.00. The van der Waals surface area contributed by atoms with Gasteiger partial charge in [0.25, 0.3) is 0 Å². The molecule has 0 bridgehead atoms. The number of rotatable bonds is 6. The van der Waals surface area contributed by atoms with Gasteiger partial charge in [-0.3, -0.25) is 0 Å². The second kappa shape index (κ2) is 7.54. The maximum Gasteiger partial charge on any atom is 0.330 e. The van der Waals surface area contributed by atoms with Gasteiger partial charge in [0.05, 0.1) is 7.11 Å². The molecule has 0 spiro atoms. The first-order chi connectivity index (χ1) is 8.67. The standard InChI is InChI=1S/C15H20O3/c1-4-12(2)13-7-9-14(10-8-13)18-11-5-6-15(16)17-3/h5-10,12H,4,11H2,1-3H3. The topological polar surface area (TPSA) is 35.5 Å². The molecule has 0 aromatic heterocycles. The molecule has 0 aliphatic heterocycles. The Hall–Kier alpha value is -1.77. The molecule has 0 saturated carbocycles. The van der Waals surface area contributed by atoms with Gasteiger partial charge >= 0.3 is 5.97 Å². The third-order valence-corrected chi connectivity index (χ3v) is 2.86. The first-order valence-electron chi connectivity index (χ1n) is 6.14. The van der Waals surface area contributed by atoms with Crippen molar-refractivity contribution in [1.29, 1.82) is 0 Å². The molecule has 1 unspecified atom stereocenters. The molecule has 18 heavy (non-hydrogen) atoms. The van der Waals surface area contributed by atoms with Crippen molar-refractivity contribution >= 4 is 5.97 Å². The summed E-state index contributed by atoms with van der Waals surface area (Å²) >= 11 is 0. The van der Waals surface area contributed by atoms with E-state index in [4.69, 9.17) is 4.74 Å². The maximum absolute atomic E-state index is 10.8. The molecule has 1 aromatic carbocycles. The summed E-state index contributed by atoms with van der Waals surface area (Å²) in [6.07, 6.45) is 4.12. The van der Waals surface area contributed by atoms with Crippen LogP contribution in [0.1, 0.15) is 31.7 Å². The summed E-state index contributed by atoms with van der Waals surface area (Å²) in [4.78, 5) is 10.8. The lowest BCUT2D eigenvalue weighted by Crippen LogP contribution is -1.98. The Labute approximate surface area is 108 Å². The van der Waals surface area contributed by atoms with Crippen molar-refractivity contribution in [3.8, 4) is 5.75 Å². The summed E-state index contributed by atoms with van der Waals surface area (Å²) < 4.78 is 9.95. The Morgan fingerprint density at radius 1 is 1.33 bits per heavy atom. The fraction of sp³-hybridized carbons (Fsp3) is 0.400. The minimum atomic E-state index is -0.370.